The van der Waals surface area contributed by atoms with Gasteiger partial charge in [0.15, 0.2) is 0 Å². The highest BCUT2D eigenvalue weighted by atomic mass is 35.5. The van der Waals surface area contributed by atoms with Crippen LogP contribution in [0.25, 0.3) is 0 Å². The first-order chi connectivity index (χ1) is 9.21. The molecule has 2 rings (SSSR count). The Morgan fingerprint density at radius 1 is 1.30 bits per heavy atom. The van der Waals surface area contributed by atoms with Crippen LogP contribution in [0, 0.1) is 6.92 Å². The number of benzene rings is 1. The fraction of sp³-hybridized carbons (Fsp3) is 0.538. The van der Waals surface area contributed by atoms with E-state index in [2.05, 4.69) is 0 Å². The van der Waals surface area contributed by atoms with Crippen LogP contribution in [0.15, 0.2) is 17.0 Å². The highest BCUT2D eigenvalue weighted by molar-refractivity contribution is 7.89. The molecule has 1 fully saturated rings. The number of hydrogen-bond donors (Lipinski definition) is 1. The highest BCUT2D eigenvalue weighted by Gasteiger charge is 2.33. The van der Waals surface area contributed by atoms with Gasteiger partial charge in [-0.1, -0.05) is 11.6 Å². The lowest BCUT2D eigenvalue weighted by Gasteiger charge is -2.34. The SMILES string of the molecule is Cc1cc(Cl)c(S(=O)(=O)N2C[C@@H](C)O[C@@H](C)C2)cc1N. The van der Waals surface area contributed by atoms with Gasteiger partial charge >= 0.3 is 0 Å². The van der Waals surface area contributed by atoms with Crippen LogP contribution in [0.5, 0.6) is 0 Å². The molecule has 0 aromatic heterocycles. The zero-order chi connectivity index (χ0) is 15.1. The van der Waals surface area contributed by atoms with Crippen molar-refractivity contribution < 1.29 is 13.2 Å². The molecule has 7 heteroatoms. The molecule has 0 radical (unpaired) electrons. The molecule has 1 aromatic rings. The average Bonchev–Trinajstić information content (AvgIpc) is 2.32. The Morgan fingerprint density at radius 3 is 2.40 bits per heavy atom. The number of halogens is 1. The monoisotopic (exact) mass is 318 g/mol. The predicted molar refractivity (Wildman–Crippen MR) is 79.4 cm³/mol. The second-order valence-corrected chi connectivity index (χ2v) is 7.53. The summed E-state index contributed by atoms with van der Waals surface area (Å²) in [7, 11) is -3.66. The van der Waals surface area contributed by atoms with E-state index in [0.29, 0.717) is 18.8 Å². The molecule has 2 atom stereocenters. The topological polar surface area (TPSA) is 72.6 Å². The average molecular weight is 319 g/mol. The van der Waals surface area contributed by atoms with Crippen LogP contribution in [0.3, 0.4) is 0 Å². The number of nitrogens with zero attached hydrogens (tertiary/aromatic N) is 1. The number of anilines is 1. The van der Waals surface area contributed by atoms with Crippen LogP contribution in [0.1, 0.15) is 19.4 Å². The molecule has 1 aliphatic rings. The molecule has 1 saturated heterocycles. The second kappa shape index (κ2) is 5.52. The molecule has 5 nitrogen and oxygen atoms in total. The summed E-state index contributed by atoms with van der Waals surface area (Å²) in [6, 6.07) is 3.01. The number of aryl methyl sites for hydroxylation is 1. The second-order valence-electron chi connectivity index (χ2n) is 5.22. The van der Waals surface area contributed by atoms with E-state index >= 15 is 0 Å². The number of morpholine rings is 1. The fourth-order valence-corrected chi connectivity index (χ4v) is 4.51. The standard InChI is InChI=1S/C13H19ClN2O3S/c1-8-4-11(14)13(5-12(8)15)20(17,18)16-6-9(2)19-10(3)7-16/h4-5,9-10H,6-7,15H2,1-3H3/t9-,10+. The van der Waals surface area contributed by atoms with E-state index < -0.39 is 10.0 Å². The lowest BCUT2D eigenvalue weighted by Crippen LogP contribution is -2.48. The third-order valence-corrected chi connectivity index (χ3v) is 5.62. The number of nitrogens with two attached hydrogens (primary N) is 1. The van der Waals surface area contributed by atoms with Crippen molar-refractivity contribution in [1.82, 2.24) is 4.31 Å². The third kappa shape index (κ3) is 2.93. The Hall–Kier alpha value is -0.820. The molecule has 0 saturated carbocycles. The summed E-state index contributed by atoms with van der Waals surface area (Å²) in [6.07, 6.45) is -0.287. The zero-order valence-corrected chi connectivity index (χ0v) is 13.3. The minimum Gasteiger partial charge on any atom is -0.398 e. The summed E-state index contributed by atoms with van der Waals surface area (Å²) in [5.41, 5.74) is 6.98. The van der Waals surface area contributed by atoms with Gasteiger partial charge in [0, 0.05) is 18.8 Å². The van der Waals surface area contributed by atoms with Crippen LogP contribution in [0.2, 0.25) is 5.02 Å². The Balaban J connectivity index is 2.42. The van der Waals surface area contributed by atoms with Crippen molar-refractivity contribution in [3.05, 3.63) is 22.7 Å². The van der Waals surface area contributed by atoms with Gasteiger partial charge in [-0.3, -0.25) is 0 Å². The van der Waals surface area contributed by atoms with Gasteiger partial charge < -0.3 is 10.5 Å². The van der Waals surface area contributed by atoms with Crippen LogP contribution in [-0.2, 0) is 14.8 Å². The Morgan fingerprint density at radius 2 is 1.85 bits per heavy atom. The van der Waals surface area contributed by atoms with Crippen molar-refractivity contribution in [3.63, 3.8) is 0 Å². The molecule has 20 heavy (non-hydrogen) atoms. The minimum atomic E-state index is -3.66. The molecule has 2 N–H and O–H groups in total. The quantitative estimate of drug-likeness (QED) is 0.847. The van der Waals surface area contributed by atoms with Gasteiger partial charge in [0.1, 0.15) is 4.90 Å². The summed E-state index contributed by atoms with van der Waals surface area (Å²) >= 11 is 6.09. The number of ether oxygens (including phenoxy) is 1. The van der Waals surface area contributed by atoms with Gasteiger partial charge in [-0.2, -0.15) is 4.31 Å². The van der Waals surface area contributed by atoms with E-state index in [9.17, 15) is 8.42 Å². The third-order valence-electron chi connectivity index (χ3n) is 3.32. The summed E-state index contributed by atoms with van der Waals surface area (Å²) in [5.74, 6) is 0. The maximum absolute atomic E-state index is 12.7. The summed E-state index contributed by atoms with van der Waals surface area (Å²) < 4.78 is 32.3. The number of sulfonamides is 1. The Kier molecular flexibility index (Phi) is 4.30. The highest BCUT2D eigenvalue weighted by Crippen LogP contribution is 2.30. The maximum Gasteiger partial charge on any atom is 0.244 e. The smallest absolute Gasteiger partial charge is 0.244 e. The van der Waals surface area contributed by atoms with Gasteiger partial charge in [0.25, 0.3) is 0 Å². The van der Waals surface area contributed by atoms with Crippen molar-refractivity contribution in [2.75, 3.05) is 18.8 Å². The van der Waals surface area contributed by atoms with E-state index in [1.165, 1.54) is 10.4 Å². The molecule has 1 heterocycles. The van der Waals surface area contributed by atoms with Gasteiger partial charge in [-0.05, 0) is 38.5 Å². The molecule has 0 aliphatic carbocycles. The molecule has 0 bridgehead atoms. The first kappa shape index (κ1) is 15.6. The zero-order valence-electron chi connectivity index (χ0n) is 11.8. The van der Waals surface area contributed by atoms with Crippen LogP contribution in [-0.4, -0.2) is 38.0 Å². The molecule has 0 amide bonds. The first-order valence-electron chi connectivity index (χ1n) is 6.43. The molecular weight excluding hydrogens is 300 g/mol. The van der Waals surface area contributed by atoms with Gasteiger partial charge in [-0.25, -0.2) is 8.42 Å². The van der Waals surface area contributed by atoms with E-state index in [-0.39, 0.29) is 22.1 Å². The van der Waals surface area contributed by atoms with Crippen molar-refractivity contribution in [2.45, 2.75) is 37.9 Å². The predicted octanol–water partition coefficient (Wildman–Crippen LogP) is 2.03. The fourth-order valence-electron chi connectivity index (χ4n) is 2.33. The molecule has 0 unspecified atom stereocenters. The number of nitrogen functional groups attached to an aromatic ring is 1. The molecular formula is C13H19ClN2O3S. The van der Waals surface area contributed by atoms with E-state index in [1.54, 1.807) is 13.0 Å². The van der Waals surface area contributed by atoms with E-state index in [4.69, 9.17) is 22.1 Å². The van der Waals surface area contributed by atoms with Crippen molar-refractivity contribution in [3.8, 4) is 0 Å². The Labute approximate surface area is 124 Å². The number of rotatable bonds is 2. The van der Waals surface area contributed by atoms with Gasteiger partial charge in [0.2, 0.25) is 10.0 Å². The summed E-state index contributed by atoms with van der Waals surface area (Å²) in [6.45, 7) is 6.12. The largest absolute Gasteiger partial charge is 0.398 e. The molecule has 0 spiro atoms. The lowest BCUT2D eigenvalue weighted by atomic mass is 10.2. The lowest BCUT2D eigenvalue weighted by molar-refractivity contribution is -0.0440. The van der Waals surface area contributed by atoms with Crippen molar-refractivity contribution in [1.29, 1.82) is 0 Å². The van der Waals surface area contributed by atoms with Crippen LogP contribution >= 0.6 is 11.6 Å². The van der Waals surface area contributed by atoms with Crippen molar-refractivity contribution in [2.24, 2.45) is 0 Å². The van der Waals surface area contributed by atoms with Gasteiger partial charge in [-0.15, -0.1) is 0 Å². The first-order valence-corrected chi connectivity index (χ1v) is 8.25. The maximum atomic E-state index is 12.7. The molecule has 1 aliphatic heterocycles. The normalized spacial score (nSPS) is 24.8. The van der Waals surface area contributed by atoms with Crippen LogP contribution < -0.4 is 5.73 Å². The summed E-state index contributed by atoms with van der Waals surface area (Å²) in [4.78, 5) is 0.0589. The number of hydrogen-bond acceptors (Lipinski definition) is 4. The molecule has 112 valence electrons. The van der Waals surface area contributed by atoms with Gasteiger partial charge in [0.05, 0.1) is 17.2 Å². The molecule has 1 aromatic carbocycles. The Bertz CT molecular complexity index is 608. The van der Waals surface area contributed by atoms with Crippen LogP contribution in [0.4, 0.5) is 5.69 Å². The van der Waals surface area contributed by atoms with Crippen molar-refractivity contribution >= 4 is 27.3 Å². The minimum absolute atomic E-state index is 0.0589. The van der Waals surface area contributed by atoms with E-state index in [1.807, 2.05) is 13.8 Å². The van der Waals surface area contributed by atoms with E-state index in [0.717, 1.165) is 5.56 Å². The summed E-state index contributed by atoms with van der Waals surface area (Å²) in [5, 5.41) is 0.198.